The lowest BCUT2D eigenvalue weighted by atomic mass is 10.3. The second-order valence-electron chi connectivity index (χ2n) is 6.89. The number of halogens is 1. The van der Waals surface area contributed by atoms with Gasteiger partial charge in [0.2, 0.25) is 5.91 Å². The van der Waals surface area contributed by atoms with Gasteiger partial charge in [-0.2, -0.15) is 4.68 Å². The molecular weight excluding hydrogens is 473 g/mol. The third-order valence-corrected chi connectivity index (χ3v) is 6.56. The molecule has 0 aliphatic carbocycles. The van der Waals surface area contributed by atoms with Crippen molar-refractivity contribution >= 4 is 39.2 Å². The molecule has 1 unspecified atom stereocenters. The molecule has 0 bridgehead atoms. The van der Waals surface area contributed by atoms with Gasteiger partial charge in [0.15, 0.2) is 22.3 Å². The number of amides is 1. The molecule has 3 aromatic rings. The molecule has 174 valence electrons. The molecule has 33 heavy (non-hydrogen) atoms. The van der Waals surface area contributed by atoms with E-state index in [9.17, 15) is 22.4 Å². The Hall–Kier alpha value is -3.32. The monoisotopic (exact) mass is 493 g/mol. The van der Waals surface area contributed by atoms with Crippen molar-refractivity contribution in [3.05, 3.63) is 60.2 Å². The van der Waals surface area contributed by atoms with Crippen molar-refractivity contribution in [3.63, 3.8) is 0 Å². The highest BCUT2D eigenvalue weighted by Gasteiger charge is 2.19. The number of nitrogens with zero attached hydrogens (tertiary/aromatic N) is 4. The van der Waals surface area contributed by atoms with E-state index in [1.165, 1.54) is 53.2 Å². The first kappa shape index (κ1) is 24.3. The number of carbonyl (C=O) groups excluding carboxylic acids is 2. The third-order valence-electron chi connectivity index (χ3n) is 4.31. The Kier molecular flexibility index (Phi) is 7.76. The first-order chi connectivity index (χ1) is 15.6. The van der Waals surface area contributed by atoms with Gasteiger partial charge >= 0.3 is 5.97 Å². The number of hydrogen-bond acceptors (Lipinski definition) is 9. The fraction of sp³-hybridized carbons (Fsp3) is 0.250. The summed E-state index contributed by atoms with van der Waals surface area (Å²) >= 11 is 1.08. The number of ether oxygens (including phenoxy) is 1. The van der Waals surface area contributed by atoms with Crippen molar-refractivity contribution in [1.29, 1.82) is 0 Å². The summed E-state index contributed by atoms with van der Waals surface area (Å²) in [6, 6.07) is 11.3. The van der Waals surface area contributed by atoms with Crippen LogP contribution in [0.4, 0.5) is 10.1 Å². The number of rotatable bonds is 9. The van der Waals surface area contributed by atoms with E-state index in [1.54, 1.807) is 6.92 Å². The minimum atomic E-state index is -3.34. The maximum absolute atomic E-state index is 12.9. The van der Waals surface area contributed by atoms with Gasteiger partial charge in [0.25, 0.3) is 0 Å². The van der Waals surface area contributed by atoms with Crippen LogP contribution in [0.3, 0.4) is 0 Å². The summed E-state index contributed by atoms with van der Waals surface area (Å²) in [6.07, 6.45) is 1.11. The second-order valence-corrected chi connectivity index (χ2v) is 10.2. The Balaban J connectivity index is 1.51. The van der Waals surface area contributed by atoms with Gasteiger partial charge in [-0.25, -0.2) is 12.8 Å². The lowest BCUT2D eigenvalue weighted by molar-refractivity contribution is -0.144. The molecule has 1 N–H and O–H groups in total. The van der Waals surface area contributed by atoms with Gasteiger partial charge in [0.05, 0.1) is 16.3 Å². The average Bonchev–Trinajstić information content (AvgIpc) is 3.25. The van der Waals surface area contributed by atoms with E-state index in [4.69, 9.17) is 4.74 Å². The van der Waals surface area contributed by atoms with Crippen LogP contribution < -0.4 is 5.32 Å². The van der Waals surface area contributed by atoms with Gasteiger partial charge < -0.3 is 10.1 Å². The molecule has 1 aromatic heterocycles. The van der Waals surface area contributed by atoms with Crippen molar-refractivity contribution in [2.45, 2.75) is 23.7 Å². The number of hydrogen-bond donors (Lipinski definition) is 1. The van der Waals surface area contributed by atoms with Crippen LogP contribution in [0, 0.1) is 5.82 Å². The van der Waals surface area contributed by atoms with Crippen LogP contribution in [0.1, 0.15) is 12.7 Å². The molecule has 2 aromatic carbocycles. The number of tetrazole rings is 1. The number of esters is 1. The average molecular weight is 494 g/mol. The molecule has 1 atom stereocenters. The van der Waals surface area contributed by atoms with Crippen LogP contribution in [0.2, 0.25) is 0 Å². The summed E-state index contributed by atoms with van der Waals surface area (Å²) in [4.78, 5) is 24.5. The zero-order valence-electron chi connectivity index (χ0n) is 17.6. The first-order valence-corrected chi connectivity index (χ1v) is 12.5. The maximum atomic E-state index is 12.9. The minimum Gasteiger partial charge on any atom is -0.457 e. The second kappa shape index (κ2) is 10.5. The maximum Gasteiger partial charge on any atom is 0.319 e. The number of thioether (sulfide) groups is 1. The predicted molar refractivity (Wildman–Crippen MR) is 119 cm³/mol. The molecule has 0 spiro atoms. The molecule has 0 aliphatic rings. The zero-order chi connectivity index (χ0) is 24.0. The van der Waals surface area contributed by atoms with Crippen molar-refractivity contribution in [1.82, 2.24) is 20.2 Å². The van der Waals surface area contributed by atoms with E-state index in [2.05, 4.69) is 20.8 Å². The molecule has 0 saturated heterocycles. The summed E-state index contributed by atoms with van der Waals surface area (Å²) in [7, 11) is -3.34. The Morgan fingerprint density at radius 1 is 1.15 bits per heavy atom. The number of sulfone groups is 1. The normalized spacial score (nSPS) is 12.2. The van der Waals surface area contributed by atoms with Gasteiger partial charge in [-0.05, 0) is 65.9 Å². The van der Waals surface area contributed by atoms with Crippen LogP contribution in [-0.4, -0.2) is 57.8 Å². The number of nitrogens with one attached hydrogen (secondary N) is 1. The molecule has 0 aliphatic heterocycles. The summed E-state index contributed by atoms with van der Waals surface area (Å²) in [5, 5.41) is 13.2. The number of anilines is 1. The van der Waals surface area contributed by atoms with Crippen LogP contribution in [0.5, 0.6) is 0 Å². The molecule has 0 fully saturated rings. The Morgan fingerprint density at radius 3 is 2.45 bits per heavy atom. The van der Waals surface area contributed by atoms with E-state index < -0.39 is 26.9 Å². The number of carbonyl (C=O) groups is 2. The molecule has 3 rings (SSSR count). The highest BCUT2D eigenvalue weighted by atomic mass is 32.2. The summed E-state index contributed by atoms with van der Waals surface area (Å²) in [5.74, 6) is -1.07. The van der Waals surface area contributed by atoms with Crippen molar-refractivity contribution < 1.29 is 27.1 Å². The summed E-state index contributed by atoms with van der Waals surface area (Å²) < 4.78 is 42.7. The molecule has 13 heteroatoms. The van der Waals surface area contributed by atoms with E-state index in [0.717, 1.165) is 18.0 Å². The minimum absolute atomic E-state index is 0.00192. The molecule has 1 amide bonds. The lowest BCUT2D eigenvalue weighted by Gasteiger charge is -2.11. The quantitative estimate of drug-likeness (QED) is 0.444. The highest BCUT2D eigenvalue weighted by molar-refractivity contribution is 8.01. The molecular formula is C20H20FN5O5S2. The SMILES string of the molecule is CC(SCC(=O)Nc1ccc(F)cc1)C(=O)OCc1nnnn1-c1ccc(S(C)(=O)=O)cc1. The Morgan fingerprint density at radius 2 is 1.82 bits per heavy atom. The van der Waals surface area contributed by atoms with Gasteiger partial charge in [-0.15, -0.1) is 16.9 Å². The summed E-state index contributed by atoms with van der Waals surface area (Å²) in [5.41, 5.74) is 0.951. The fourth-order valence-corrected chi connectivity index (χ4v) is 3.89. The van der Waals surface area contributed by atoms with E-state index in [0.29, 0.717) is 11.4 Å². The van der Waals surface area contributed by atoms with Crippen LogP contribution >= 0.6 is 11.8 Å². The van der Waals surface area contributed by atoms with Crippen LogP contribution in [0.25, 0.3) is 5.69 Å². The standard InChI is InChI=1S/C20H20FN5O5S2/c1-13(32-12-19(27)22-15-5-3-14(21)4-6-15)20(28)31-11-18-23-24-25-26(18)16-7-9-17(10-8-16)33(2,29)30/h3-10,13H,11-12H2,1-2H3,(H,22,27). The summed E-state index contributed by atoms with van der Waals surface area (Å²) in [6.45, 7) is 1.39. The first-order valence-electron chi connectivity index (χ1n) is 9.55. The molecule has 10 nitrogen and oxygen atoms in total. The van der Waals surface area contributed by atoms with Crippen molar-refractivity contribution in [2.75, 3.05) is 17.3 Å². The van der Waals surface area contributed by atoms with Crippen molar-refractivity contribution in [3.8, 4) is 5.69 Å². The highest BCUT2D eigenvalue weighted by Crippen LogP contribution is 2.17. The van der Waals surface area contributed by atoms with Gasteiger partial charge in [-0.3, -0.25) is 9.59 Å². The van der Waals surface area contributed by atoms with E-state index in [1.807, 2.05) is 0 Å². The molecule has 0 radical (unpaired) electrons. The predicted octanol–water partition coefficient (Wildman–Crippen LogP) is 2.01. The third kappa shape index (κ3) is 6.83. The molecule has 1 heterocycles. The topological polar surface area (TPSA) is 133 Å². The lowest BCUT2D eigenvalue weighted by Crippen LogP contribution is -2.22. The zero-order valence-corrected chi connectivity index (χ0v) is 19.3. The van der Waals surface area contributed by atoms with Gasteiger partial charge in [-0.1, -0.05) is 0 Å². The van der Waals surface area contributed by atoms with E-state index in [-0.39, 0.29) is 29.0 Å². The fourth-order valence-electron chi connectivity index (χ4n) is 2.58. The van der Waals surface area contributed by atoms with Gasteiger partial charge in [0, 0.05) is 11.9 Å². The van der Waals surface area contributed by atoms with E-state index >= 15 is 0 Å². The van der Waals surface area contributed by atoms with Crippen LogP contribution in [-0.2, 0) is 30.8 Å². The Bertz CT molecular complexity index is 1230. The smallest absolute Gasteiger partial charge is 0.319 e. The number of benzene rings is 2. The molecule has 0 saturated carbocycles. The largest absolute Gasteiger partial charge is 0.457 e. The van der Waals surface area contributed by atoms with Gasteiger partial charge in [0.1, 0.15) is 11.1 Å². The Labute approximate surface area is 193 Å². The van der Waals surface area contributed by atoms with Crippen molar-refractivity contribution in [2.24, 2.45) is 0 Å². The van der Waals surface area contributed by atoms with Crippen LogP contribution in [0.15, 0.2) is 53.4 Å². The number of aromatic nitrogens is 4.